The number of ether oxygens (including phenoxy) is 1. The molecule has 1 aliphatic heterocycles. The molecule has 1 heterocycles. The monoisotopic (exact) mass is 261 g/mol. The average Bonchev–Trinajstić information content (AvgIpc) is 2.34. The highest BCUT2D eigenvalue weighted by Crippen LogP contribution is 2.47. The molecular formula is C15H19NO3. The Labute approximate surface area is 113 Å². The summed E-state index contributed by atoms with van der Waals surface area (Å²) >= 11 is 0. The van der Waals surface area contributed by atoms with Crippen LogP contribution in [0.1, 0.15) is 42.4 Å². The number of oxime groups is 1. The highest BCUT2D eigenvalue weighted by molar-refractivity contribution is 6.06. The van der Waals surface area contributed by atoms with E-state index < -0.39 is 0 Å². The molecule has 0 atom stereocenters. The lowest BCUT2D eigenvalue weighted by atomic mass is 9.73. The van der Waals surface area contributed by atoms with Gasteiger partial charge in [0.05, 0.1) is 5.71 Å². The van der Waals surface area contributed by atoms with Gasteiger partial charge in [0.25, 0.3) is 0 Å². The lowest BCUT2D eigenvalue weighted by Gasteiger charge is -2.45. The minimum atomic E-state index is -0.0970. The van der Waals surface area contributed by atoms with Crippen LogP contribution in [0.5, 0.6) is 11.5 Å². The molecule has 1 fully saturated rings. The minimum Gasteiger partial charge on any atom is -0.507 e. The van der Waals surface area contributed by atoms with E-state index in [1.807, 2.05) is 19.9 Å². The normalized spacial score (nSPS) is 21.7. The van der Waals surface area contributed by atoms with Gasteiger partial charge in [-0.15, -0.1) is 0 Å². The van der Waals surface area contributed by atoms with Gasteiger partial charge in [-0.25, -0.2) is 0 Å². The van der Waals surface area contributed by atoms with E-state index in [-0.39, 0.29) is 5.60 Å². The van der Waals surface area contributed by atoms with Crippen LogP contribution >= 0.6 is 0 Å². The molecule has 1 N–H and O–H groups in total. The number of aryl methyl sites for hydroxylation is 1. The second-order valence-electron chi connectivity index (χ2n) is 5.58. The zero-order valence-corrected chi connectivity index (χ0v) is 11.6. The Morgan fingerprint density at radius 2 is 2.11 bits per heavy atom. The zero-order chi connectivity index (χ0) is 13.6. The average molecular weight is 261 g/mol. The molecule has 1 aliphatic carbocycles. The first-order valence-electron chi connectivity index (χ1n) is 6.69. The van der Waals surface area contributed by atoms with Gasteiger partial charge in [0.1, 0.15) is 24.2 Å². The van der Waals surface area contributed by atoms with Crippen LogP contribution in [0, 0.1) is 13.8 Å². The summed E-state index contributed by atoms with van der Waals surface area (Å²) in [4.78, 5) is 4.98. The Bertz CT molecular complexity index is 559. The highest BCUT2D eigenvalue weighted by atomic mass is 16.6. The van der Waals surface area contributed by atoms with Gasteiger partial charge in [-0.3, -0.25) is 0 Å². The summed E-state index contributed by atoms with van der Waals surface area (Å²) in [5.74, 6) is 1.14. The van der Waals surface area contributed by atoms with Crippen LogP contribution in [-0.2, 0) is 4.84 Å². The van der Waals surface area contributed by atoms with E-state index in [0.717, 1.165) is 47.4 Å². The second-order valence-corrected chi connectivity index (χ2v) is 5.58. The third-order valence-corrected chi connectivity index (χ3v) is 4.27. The fourth-order valence-corrected chi connectivity index (χ4v) is 3.08. The zero-order valence-electron chi connectivity index (χ0n) is 11.6. The quantitative estimate of drug-likeness (QED) is 0.790. The van der Waals surface area contributed by atoms with E-state index in [9.17, 15) is 5.11 Å². The van der Waals surface area contributed by atoms with Gasteiger partial charge in [-0.2, -0.15) is 0 Å². The summed E-state index contributed by atoms with van der Waals surface area (Å²) in [6.07, 6.45) is 4.09. The number of phenolic OH excluding ortho intramolecular Hbond substituents is 1. The standard InChI is InChI=1S/C15H19NO3/c1-9-7-12-13(10(2)14(9)17)11(16-18-3)8-15(19-12)5-4-6-15/h7,17H,4-6,8H2,1-3H3/b16-11+. The summed E-state index contributed by atoms with van der Waals surface area (Å²) < 4.78 is 6.20. The van der Waals surface area contributed by atoms with Crippen LogP contribution in [0.15, 0.2) is 11.2 Å². The number of nitrogens with zero attached hydrogens (tertiary/aromatic N) is 1. The number of hydrogen-bond donors (Lipinski definition) is 1. The molecule has 0 amide bonds. The van der Waals surface area contributed by atoms with E-state index in [4.69, 9.17) is 9.57 Å². The first kappa shape index (κ1) is 12.3. The third kappa shape index (κ3) is 1.78. The Morgan fingerprint density at radius 1 is 1.37 bits per heavy atom. The van der Waals surface area contributed by atoms with Gasteiger partial charge in [0.15, 0.2) is 0 Å². The van der Waals surface area contributed by atoms with Crippen molar-refractivity contribution in [3.05, 3.63) is 22.8 Å². The van der Waals surface area contributed by atoms with Crippen molar-refractivity contribution >= 4 is 5.71 Å². The smallest absolute Gasteiger partial charge is 0.130 e. The van der Waals surface area contributed by atoms with Gasteiger partial charge in [-0.1, -0.05) is 5.16 Å². The lowest BCUT2D eigenvalue weighted by Crippen LogP contribution is -2.48. The summed E-state index contributed by atoms with van der Waals surface area (Å²) in [5, 5.41) is 14.3. The van der Waals surface area contributed by atoms with Crippen molar-refractivity contribution in [1.29, 1.82) is 0 Å². The second kappa shape index (κ2) is 4.15. The maximum absolute atomic E-state index is 10.1. The molecule has 3 rings (SSSR count). The maximum Gasteiger partial charge on any atom is 0.130 e. The molecule has 1 spiro atoms. The molecule has 0 radical (unpaired) electrons. The van der Waals surface area contributed by atoms with Crippen LogP contribution < -0.4 is 4.74 Å². The SMILES string of the molecule is CO/N=C1\CC2(CCC2)Oc2cc(C)c(O)c(C)c21. The molecular weight excluding hydrogens is 242 g/mol. The van der Waals surface area contributed by atoms with Gasteiger partial charge < -0.3 is 14.7 Å². The number of rotatable bonds is 1. The topological polar surface area (TPSA) is 51.0 Å². The van der Waals surface area contributed by atoms with E-state index in [0.29, 0.717) is 5.75 Å². The number of fused-ring (bicyclic) bond motifs is 1. The number of hydrogen-bond acceptors (Lipinski definition) is 4. The van der Waals surface area contributed by atoms with Crippen LogP contribution in [0.3, 0.4) is 0 Å². The van der Waals surface area contributed by atoms with Crippen LogP contribution in [0.2, 0.25) is 0 Å². The predicted octanol–water partition coefficient (Wildman–Crippen LogP) is 3.06. The van der Waals surface area contributed by atoms with E-state index >= 15 is 0 Å². The fourth-order valence-electron chi connectivity index (χ4n) is 3.08. The Kier molecular flexibility index (Phi) is 2.69. The molecule has 2 aliphatic rings. The fraction of sp³-hybridized carbons (Fsp3) is 0.533. The molecule has 102 valence electrons. The van der Waals surface area contributed by atoms with Crippen LogP contribution in [-0.4, -0.2) is 23.5 Å². The molecule has 0 bridgehead atoms. The number of phenols is 1. The molecule has 0 unspecified atom stereocenters. The Morgan fingerprint density at radius 3 is 2.68 bits per heavy atom. The molecule has 4 nitrogen and oxygen atoms in total. The van der Waals surface area contributed by atoms with Gasteiger partial charge in [-0.05, 0) is 44.7 Å². The van der Waals surface area contributed by atoms with Gasteiger partial charge >= 0.3 is 0 Å². The molecule has 19 heavy (non-hydrogen) atoms. The van der Waals surface area contributed by atoms with Gasteiger partial charge in [0, 0.05) is 17.5 Å². The first-order chi connectivity index (χ1) is 9.06. The molecule has 1 saturated carbocycles. The molecule has 0 aromatic heterocycles. The van der Waals surface area contributed by atoms with Crippen LogP contribution in [0.25, 0.3) is 0 Å². The Balaban J connectivity index is 2.16. The van der Waals surface area contributed by atoms with Crippen molar-refractivity contribution in [3.63, 3.8) is 0 Å². The minimum absolute atomic E-state index is 0.0970. The predicted molar refractivity (Wildman–Crippen MR) is 73.0 cm³/mol. The van der Waals surface area contributed by atoms with Crippen molar-refractivity contribution in [2.45, 2.75) is 45.1 Å². The van der Waals surface area contributed by atoms with Crippen molar-refractivity contribution in [1.82, 2.24) is 0 Å². The third-order valence-electron chi connectivity index (χ3n) is 4.27. The van der Waals surface area contributed by atoms with Crippen molar-refractivity contribution in [2.75, 3.05) is 7.11 Å². The Hall–Kier alpha value is -1.71. The molecule has 1 aromatic rings. The lowest BCUT2D eigenvalue weighted by molar-refractivity contribution is -0.00589. The van der Waals surface area contributed by atoms with E-state index in [1.54, 1.807) is 7.11 Å². The highest BCUT2D eigenvalue weighted by Gasteiger charge is 2.45. The summed E-state index contributed by atoms with van der Waals surface area (Å²) in [6, 6.07) is 1.90. The van der Waals surface area contributed by atoms with Crippen molar-refractivity contribution in [2.24, 2.45) is 5.16 Å². The summed E-state index contributed by atoms with van der Waals surface area (Å²) in [7, 11) is 1.55. The number of benzene rings is 1. The van der Waals surface area contributed by atoms with E-state index in [2.05, 4.69) is 5.16 Å². The molecule has 0 saturated heterocycles. The summed E-state index contributed by atoms with van der Waals surface area (Å²) in [6.45, 7) is 3.79. The maximum atomic E-state index is 10.1. The van der Waals surface area contributed by atoms with Crippen molar-refractivity contribution < 1.29 is 14.7 Å². The van der Waals surface area contributed by atoms with E-state index in [1.165, 1.54) is 6.42 Å². The first-order valence-corrected chi connectivity index (χ1v) is 6.69. The largest absolute Gasteiger partial charge is 0.507 e. The molecule has 1 aromatic carbocycles. The van der Waals surface area contributed by atoms with Gasteiger partial charge in [0.2, 0.25) is 0 Å². The summed E-state index contributed by atoms with van der Waals surface area (Å²) in [5.41, 5.74) is 3.34. The number of aromatic hydroxyl groups is 1. The van der Waals surface area contributed by atoms with Crippen LogP contribution in [0.4, 0.5) is 0 Å². The van der Waals surface area contributed by atoms with Crippen molar-refractivity contribution in [3.8, 4) is 11.5 Å². The molecule has 4 heteroatoms.